The predicted molar refractivity (Wildman–Crippen MR) is 63.5 cm³/mol. The SMILES string of the molecule is COc1ccc2c(c1OC)CC/C2=C\C(=O)O. The molecule has 0 aliphatic heterocycles. The monoisotopic (exact) mass is 234 g/mol. The van der Waals surface area contributed by atoms with E-state index in [1.165, 1.54) is 6.08 Å². The highest BCUT2D eigenvalue weighted by Crippen LogP contribution is 2.42. The summed E-state index contributed by atoms with van der Waals surface area (Å²) >= 11 is 0. The number of aliphatic carboxylic acids is 1. The second-order valence-electron chi connectivity index (χ2n) is 3.83. The summed E-state index contributed by atoms with van der Waals surface area (Å²) in [6, 6.07) is 3.69. The maximum atomic E-state index is 10.7. The smallest absolute Gasteiger partial charge is 0.328 e. The Morgan fingerprint density at radius 1 is 1.29 bits per heavy atom. The van der Waals surface area contributed by atoms with Crippen LogP contribution in [0.2, 0.25) is 0 Å². The zero-order valence-electron chi connectivity index (χ0n) is 9.82. The first-order chi connectivity index (χ1) is 8.17. The molecule has 0 saturated heterocycles. The van der Waals surface area contributed by atoms with E-state index in [4.69, 9.17) is 14.6 Å². The molecule has 0 radical (unpaired) electrons. The van der Waals surface area contributed by atoms with Crippen molar-refractivity contribution in [3.63, 3.8) is 0 Å². The first kappa shape index (κ1) is 11.5. The number of carboxylic acid groups (broad SMARTS) is 1. The van der Waals surface area contributed by atoms with Crippen molar-refractivity contribution in [1.82, 2.24) is 0 Å². The van der Waals surface area contributed by atoms with E-state index in [-0.39, 0.29) is 0 Å². The van der Waals surface area contributed by atoms with Crippen LogP contribution in [0.5, 0.6) is 11.5 Å². The number of benzene rings is 1. The van der Waals surface area contributed by atoms with Gasteiger partial charge in [0.2, 0.25) is 0 Å². The van der Waals surface area contributed by atoms with Crippen LogP contribution in [0.1, 0.15) is 17.5 Å². The lowest BCUT2D eigenvalue weighted by molar-refractivity contribution is -0.131. The molecule has 1 aliphatic carbocycles. The van der Waals surface area contributed by atoms with Crippen LogP contribution in [-0.4, -0.2) is 25.3 Å². The second-order valence-corrected chi connectivity index (χ2v) is 3.83. The lowest BCUT2D eigenvalue weighted by Crippen LogP contribution is -1.95. The Balaban J connectivity index is 2.53. The van der Waals surface area contributed by atoms with Crippen LogP contribution < -0.4 is 9.47 Å². The van der Waals surface area contributed by atoms with Crippen molar-refractivity contribution in [2.75, 3.05) is 14.2 Å². The lowest BCUT2D eigenvalue weighted by atomic mass is 10.1. The van der Waals surface area contributed by atoms with Gasteiger partial charge in [0.1, 0.15) is 0 Å². The highest BCUT2D eigenvalue weighted by Gasteiger charge is 2.23. The topological polar surface area (TPSA) is 55.8 Å². The summed E-state index contributed by atoms with van der Waals surface area (Å²) in [4.78, 5) is 10.7. The Labute approximate surface area is 99.5 Å². The Bertz CT molecular complexity index is 488. The normalized spacial score (nSPS) is 15.8. The highest BCUT2D eigenvalue weighted by molar-refractivity contribution is 5.92. The van der Waals surface area contributed by atoms with Crippen molar-refractivity contribution in [1.29, 1.82) is 0 Å². The maximum Gasteiger partial charge on any atom is 0.328 e. The number of hydrogen-bond acceptors (Lipinski definition) is 3. The van der Waals surface area contributed by atoms with Gasteiger partial charge < -0.3 is 14.6 Å². The molecule has 17 heavy (non-hydrogen) atoms. The minimum atomic E-state index is -0.914. The minimum absolute atomic E-state index is 0.683. The van der Waals surface area contributed by atoms with Crippen molar-refractivity contribution in [3.05, 3.63) is 29.3 Å². The lowest BCUT2D eigenvalue weighted by Gasteiger charge is -2.11. The molecule has 1 N–H and O–H groups in total. The molecule has 4 heteroatoms. The summed E-state index contributed by atoms with van der Waals surface area (Å²) in [5, 5.41) is 8.79. The standard InChI is InChI=1S/C13H14O4/c1-16-11-6-5-9-8(7-12(14)15)3-4-10(9)13(11)17-2/h5-7H,3-4H2,1-2H3,(H,14,15)/b8-7+. The quantitative estimate of drug-likeness (QED) is 0.814. The molecule has 1 aliphatic rings. The average molecular weight is 234 g/mol. The summed E-state index contributed by atoms with van der Waals surface area (Å²) in [6.07, 6.45) is 2.78. The highest BCUT2D eigenvalue weighted by atomic mass is 16.5. The molecule has 0 heterocycles. The summed E-state index contributed by atoms with van der Waals surface area (Å²) in [5.41, 5.74) is 2.82. The maximum absolute atomic E-state index is 10.7. The Hall–Kier alpha value is -1.97. The number of carbonyl (C=O) groups is 1. The molecule has 0 amide bonds. The van der Waals surface area contributed by atoms with Gasteiger partial charge in [-0.25, -0.2) is 4.79 Å². The fraction of sp³-hybridized carbons (Fsp3) is 0.308. The number of ether oxygens (including phenoxy) is 2. The van der Waals surface area contributed by atoms with Gasteiger partial charge in [0.25, 0.3) is 0 Å². The molecule has 0 bridgehead atoms. The van der Waals surface area contributed by atoms with Gasteiger partial charge in [0, 0.05) is 11.6 Å². The van der Waals surface area contributed by atoms with Crippen LogP contribution in [-0.2, 0) is 11.2 Å². The summed E-state index contributed by atoms with van der Waals surface area (Å²) in [7, 11) is 3.18. The number of hydrogen-bond donors (Lipinski definition) is 1. The van der Waals surface area contributed by atoms with Crippen LogP contribution >= 0.6 is 0 Å². The third-order valence-corrected chi connectivity index (χ3v) is 2.94. The van der Waals surface area contributed by atoms with E-state index >= 15 is 0 Å². The first-order valence-electron chi connectivity index (χ1n) is 5.35. The zero-order valence-corrected chi connectivity index (χ0v) is 9.82. The zero-order chi connectivity index (χ0) is 12.4. The number of fused-ring (bicyclic) bond motifs is 1. The Morgan fingerprint density at radius 3 is 2.65 bits per heavy atom. The molecule has 0 aromatic heterocycles. The number of methoxy groups -OCH3 is 2. The van der Waals surface area contributed by atoms with E-state index in [1.54, 1.807) is 20.3 Å². The van der Waals surface area contributed by atoms with Crippen molar-refractivity contribution in [2.24, 2.45) is 0 Å². The molecular weight excluding hydrogens is 220 g/mol. The van der Waals surface area contributed by atoms with Crippen LogP contribution in [0.25, 0.3) is 5.57 Å². The van der Waals surface area contributed by atoms with E-state index in [2.05, 4.69) is 0 Å². The van der Waals surface area contributed by atoms with Gasteiger partial charge in [0.15, 0.2) is 11.5 Å². The second kappa shape index (κ2) is 4.49. The van der Waals surface area contributed by atoms with Crippen LogP contribution in [0, 0.1) is 0 Å². The fourth-order valence-electron chi connectivity index (χ4n) is 2.23. The molecule has 0 atom stereocenters. The van der Waals surface area contributed by atoms with Crippen molar-refractivity contribution in [3.8, 4) is 11.5 Å². The average Bonchev–Trinajstić information content (AvgIpc) is 2.70. The van der Waals surface area contributed by atoms with E-state index < -0.39 is 5.97 Å². The molecule has 1 aromatic carbocycles. The van der Waals surface area contributed by atoms with E-state index in [1.807, 2.05) is 6.07 Å². The van der Waals surface area contributed by atoms with Gasteiger partial charge in [-0.2, -0.15) is 0 Å². The third kappa shape index (κ3) is 1.98. The summed E-state index contributed by atoms with van der Waals surface area (Å²) in [5.74, 6) is 0.476. The molecule has 90 valence electrons. The number of rotatable bonds is 3. The molecule has 0 unspecified atom stereocenters. The Morgan fingerprint density at radius 2 is 2.06 bits per heavy atom. The van der Waals surface area contributed by atoms with E-state index in [9.17, 15) is 4.79 Å². The van der Waals surface area contributed by atoms with Crippen molar-refractivity contribution >= 4 is 11.5 Å². The van der Waals surface area contributed by atoms with Gasteiger partial charge in [-0.3, -0.25) is 0 Å². The largest absolute Gasteiger partial charge is 0.493 e. The van der Waals surface area contributed by atoms with E-state index in [0.29, 0.717) is 11.5 Å². The molecule has 4 nitrogen and oxygen atoms in total. The molecule has 1 aromatic rings. The minimum Gasteiger partial charge on any atom is -0.493 e. The van der Waals surface area contributed by atoms with Crippen molar-refractivity contribution < 1.29 is 19.4 Å². The summed E-state index contributed by atoms with van der Waals surface area (Å²) < 4.78 is 10.5. The first-order valence-corrected chi connectivity index (χ1v) is 5.35. The molecule has 0 spiro atoms. The number of carboxylic acids is 1. The van der Waals surface area contributed by atoms with Gasteiger partial charge in [-0.1, -0.05) is 6.07 Å². The molecular formula is C13H14O4. The van der Waals surface area contributed by atoms with Crippen LogP contribution in [0.3, 0.4) is 0 Å². The van der Waals surface area contributed by atoms with Gasteiger partial charge in [-0.05, 0) is 30.0 Å². The van der Waals surface area contributed by atoms with Crippen LogP contribution in [0.4, 0.5) is 0 Å². The predicted octanol–water partition coefficient (Wildman–Crippen LogP) is 2.12. The van der Waals surface area contributed by atoms with Gasteiger partial charge in [-0.15, -0.1) is 0 Å². The number of allylic oxidation sites excluding steroid dienone is 1. The Kier molecular flexibility index (Phi) is 3.04. The van der Waals surface area contributed by atoms with Gasteiger partial charge in [0.05, 0.1) is 14.2 Å². The third-order valence-electron chi connectivity index (χ3n) is 2.94. The summed E-state index contributed by atoms with van der Waals surface area (Å²) in [6.45, 7) is 0. The molecule has 2 rings (SSSR count). The van der Waals surface area contributed by atoms with Crippen molar-refractivity contribution in [2.45, 2.75) is 12.8 Å². The van der Waals surface area contributed by atoms with E-state index in [0.717, 1.165) is 29.5 Å². The molecule has 0 saturated carbocycles. The van der Waals surface area contributed by atoms with Gasteiger partial charge >= 0.3 is 5.97 Å². The molecule has 0 fully saturated rings. The fourth-order valence-corrected chi connectivity index (χ4v) is 2.23. The van der Waals surface area contributed by atoms with Crippen LogP contribution in [0.15, 0.2) is 18.2 Å².